The predicted octanol–water partition coefficient (Wildman–Crippen LogP) is 4.42. The zero-order valence-corrected chi connectivity index (χ0v) is 13.8. The number of nitro groups is 1. The van der Waals surface area contributed by atoms with Crippen molar-refractivity contribution in [3.05, 3.63) is 74.3 Å². The number of hydrogen-bond acceptors (Lipinski definition) is 5. The van der Waals surface area contributed by atoms with Crippen LogP contribution in [-0.4, -0.2) is 15.8 Å². The van der Waals surface area contributed by atoms with E-state index in [0.29, 0.717) is 5.69 Å². The van der Waals surface area contributed by atoms with Gasteiger partial charge in [0, 0.05) is 22.7 Å². The predicted molar refractivity (Wildman–Crippen MR) is 93.3 cm³/mol. The summed E-state index contributed by atoms with van der Waals surface area (Å²) >= 11 is 1.52. The van der Waals surface area contributed by atoms with Gasteiger partial charge >= 0.3 is 0 Å². The second-order valence-corrected chi connectivity index (χ2v) is 6.27. The fourth-order valence-electron chi connectivity index (χ4n) is 2.25. The fraction of sp³-hybridized carbons (Fsp3) is 0.0588. The van der Waals surface area contributed by atoms with Gasteiger partial charge < -0.3 is 5.32 Å². The first kappa shape index (κ1) is 16.7. The fourth-order valence-corrected chi connectivity index (χ4v) is 2.87. The van der Waals surface area contributed by atoms with Gasteiger partial charge in [-0.2, -0.15) is 0 Å². The Morgan fingerprint density at radius 3 is 2.72 bits per heavy atom. The van der Waals surface area contributed by atoms with Crippen LogP contribution in [0.3, 0.4) is 0 Å². The zero-order chi connectivity index (χ0) is 18.0. The molecule has 0 aliphatic carbocycles. The number of thiazole rings is 1. The molecule has 0 fully saturated rings. The lowest BCUT2D eigenvalue weighted by molar-refractivity contribution is -0.385. The van der Waals surface area contributed by atoms with Crippen LogP contribution in [0, 0.1) is 22.9 Å². The minimum Gasteiger partial charge on any atom is -0.322 e. The van der Waals surface area contributed by atoms with Crippen molar-refractivity contribution < 1.29 is 14.1 Å². The highest BCUT2D eigenvalue weighted by Gasteiger charge is 2.16. The van der Waals surface area contributed by atoms with Gasteiger partial charge in [0.05, 0.1) is 27.3 Å². The van der Waals surface area contributed by atoms with E-state index < -0.39 is 22.3 Å². The molecule has 3 aromatic rings. The second kappa shape index (κ2) is 6.78. The Morgan fingerprint density at radius 2 is 2.08 bits per heavy atom. The number of anilines is 1. The number of benzene rings is 2. The van der Waals surface area contributed by atoms with E-state index in [0.717, 1.165) is 34.5 Å². The monoisotopic (exact) mass is 357 g/mol. The molecule has 0 unspecified atom stereocenters. The van der Waals surface area contributed by atoms with Crippen LogP contribution in [0.5, 0.6) is 0 Å². The molecule has 0 spiro atoms. The summed E-state index contributed by atoms with van der Waals surface area (Å²) in [4.78, 5) is 26.5. The van der Waals surface area contributed by atoms with Crippen LogP contribution in [0.25, 0.3) is 11.3 Å². The quantitative estimate of drug-likeness (QED) is 0.553. The molecule has 3 rings (SSSR count). The molecule has 0 radical (unpaired) electrons. The Balaban J connectivity index is 1.83. The van der Waals surface area contributed by atoms with Gasteiger partial charge in [-0.3, -0.25) is 14.9 Å². The third-order valence-electron chi connectivity index (χ3n) is 3.44. The van der Waals surface area contributed by atoms with Crippen LogP contribution in [-0.2, 0) is 0 Å². The molecular weight excluding hydrogens is 345 g/mol. The Kier molecular flexibility index (Phi) is 4.53. The van der Waals surface area contributed by atoms with Gasteiger partial charge in [0.25, 0.3) is 11.6 Å². The molecule has 0 aliphatic rings. The minimum absolute atomic E-state index is 0.263. The standard InChI is InChI=1S/C17H12FN3O3S/c1-10-19-16(9-25-10)11-3-2-4-12(7-11)20-17(22)14-6-5-13(21(23)24)8-15(14)18/h2-9H,1H3,(H,20,22). The SMILES string of the molecule is Cc1nc(-c2cccc(NC(=O)c3ccc([N+](=O)[O-])cc3F)c2)cs1. The highest BCUT2D eigenvalue weighted by Crippen LogP contribution is 2.25. The van der Waals surface area contributed by atoms with Crippen molar-refractivity contribution in [2.75, 3.05) is 5.32 Å². The average Bonchev–Trinajstić information content (AvgIpc) is 3.01. The van der Waals surface area contributed by atoms with E-state index in [4.69, 9.17) is 0 Å². The Labute approximate surface area is 146 Å². The van der Waals surface area contributed by atoms with Crippen LogP contribution in [0.15, 0.2) is 47.8 Å². The van der Waals surface area contributed by atoms with Gasteiger partial charge in [0.1, 0.15) is 5.82 Å². The third-order valence-corrected chi connectivity index (χ3v) is 4.22. The van der Waals surface area contributed by atoms with Gasteiger partial charge in [-0.15, -0.1) is 11.3 Å². The molecule has 126 valence electrons. The second-order valence-electron chi connectivity index (χ2n) is 5.21. The van der Waals surface area contributed by atoms with Crippen molar-refractivity contribution in [1.29, 1.82) is 0 Å². The Morgan fingerprint density at radius 1 is 1.28 bits per heavy atom. The lowest BCUT2D eigenvalue weighted by Crippen LogP contribution is -2.14. The summed E-state index contributed by atoms with van der Waals surface area (Å²) in [5.74, 6) is -1.63. The number of non-ortho nitro benzene ring substituents is 1. The molecule has 0 saturated carbocycles. The number of nitrogens with one attached hydrogen (secondary N) is 1. The zero-order valence-electron chi connectivity index (χ0n) is 13.0. The van der Waals surface area contributed by atoms with Gasteiger partial charge in [0.2, 0.25) is 0 Å². The van der Waals surface area contributed by atoms with Crippen molar-refractivity contribution in [1.82, 2.24) is 4.98 Å². The van der Waals surface area contributed by atoms with E-state index in [9.17, 15) is 19.3 Å². The van der Waals surface area contributed by atoms with E-state index in [2.05, 4.69) is 10.3 Å². The molecule has 6 nitrogen and oxygen atoms in total. The molecule has 1 amide bonds. The molecule has 1 N–H and O–H groups in total. The Hall–Kier alpha value is -3.13. The minimum atomic E-state index is -0.946. The molecule has 0 bridgehead atoms. The molecule has 0 aliphatic heterocycles. The number of amides is 1. The number of aryl methyl sites for hydroxylation is 1. The van der Waals surface area contributed by atoms with Crippen molar-refractivity contribution in [2.45, 2.75) is 6.92 Å². The molecule has 1 heterocycles. The van der Waals surface area contributed by atoms with Gasteiger partial charge in [-0.05, 0) is 25.1 Å². The normalized spacial score (nSPS) is 10.5. The van der Waals surface area contributed by atoms with Crippen LogP contribution < -0.4 is 5.32 Å². The van der Waals surface area contributed by atoms with Crippen LogP contribution in [0.4, 0.5) is 15.8 Å². The topological polar surface area (TPSA) is 85.1 Å². The van der Waals surface area contributed by atoms with Crippen molar-refractivity contribution in [2.24, 2.45) is 0 Å². The molecule has 0 atom stereocenters. The Bertz CT molecular complexity index is 971. The van der Waals surface area contributed by atoms with E-state index >= 15 is 0 Å². The van der Waals surface area contributed by atoms with Crippen LogP contribution in [0.1, 0.15) is 15.4 Å². The number of aromatic nitrogens is 1. The number of nitro benzene ring substituents is 1. The first-order chi connectivity index (χ1) is 11.9. The average molecular weight is 357 g/mol. The maximum absolute atomic E-state index is 13.9. The van der Waals surface area contributed by atoms with Gasteiger partial charge in [0.15, 0.2) is 0 Å². The first-order valence-corrected chi connectivity index (χ1v) is 8.10. The van der Waals surface area contributed by atoms with Crippen molar-refractivity contribution in [3.8, 4) is 11.3 Å². The number of carbonyl (C=O) groups is 1. The van der Waals surface area contributed by atoms with Crippen molar-refractivity contribution >= 4 is 28.6 Å². The van der Waals surface area contributed by atoms with Crippen LogP contribution in [0.2, 0.25) is 0 Å². The summed E-state index contributed by atoms with van der Waals surface area (Å²) in [7, 11) is 0. The maximum Gasteiger partial charge on any atom is 0.272 e. The molecule has 1 aromatic heterocycles. The summed E-state index contributed by atoms with van der Waals surface area (Å²) in [6.07, 6.45) is 0. The largest absolute Gasteiger partial charge is 0.322 e. The first-order valence-electron chi connectivity index (χ1n) is 7.22. The highest BCUT2D eigenvalue weighted by molar-refractivity contribution is 7.09. The van der Waals surface area contributed by atoms with Gasteiger partial charge in [-0.1, -0.05) is 12.1 Å². The lowest BCUT2D eigenvalue weighted by Gasteiger charge is -2.07. The van der Waals surface area contributed by atoms with E-state index in [1.54, 1.807) is 18.2 Å². The number of carbonyl (C=O) groups excluding carboxylic acids is 1. The summed E-state index contributed by atoms with van der Waals surface area (Å²) < 4.78 is 13.9. The van der Waals surface area contributed by atoms with E-state index in [1.165, 1.54) is 11.3 Å². The third kappa shape index (κ3) is 3.69. The lowest BCUT2D eigenvalue weighted by atomic mass is 10.1. The molecular formula is C17H12FN3O3S. The summed E-state index contributed by atoms with van der Waals surface area (Å²) in [5.41, 5.74) is 1.42. The maximum atomic E-state index is 13.9. The van der Waals surface area contributed by atoms with Crippen molar-refractivity contribution in [3.63, 3.8) is 0 Å². The summed E-state index contributed by atoms with van der Waals surface area (Å²) in [6.45, 7) is 1.90. The summed E-state index contributed by atoms with van der Waals surface area (Å²) in [5, 5.41) is 16.1. The molecule has 25 heavy (non-hydrogen) atoms. The summed E-state index contributed by atoms with van der Waals surface area (Å²) in [6, 6.07) is 9.92. The molecule has 2 aromatic carbocycles. The number of halogens is 1. The number of hydrogen-bond donors (Lipinski definition) is 1. The van der Waals surface area contributed by atoms with E-state index in [-0.39, 0.29) is 5.56 Å². The number of rotatable bonds is 4. The molecule has 0 saturated heterocycles. The van der Waals surface area contributed by atoms with Crippen LogP contribution >= 0.6 is 11.3 Å². The highest BCUT2D eigenvalue weighted by atomic mass is 32.1. The smallest absolute Gasteiger partial charge is 0.272 e. The van der Waals surface area contributed by atoms with Gasteiger partial charge in [-0.25, -0.2) is 9.37 Å². The number of nitrogens with zero attached hydrogens (tertiary/aromatic N) is 2. The van der Waals surface area contributed by atoms with E-state index in [1.807, 2.05) is 18.4 Å². The molecule has 8 heteroatoms.